The molecule has 0 saturated heterocycles. The number of hydrogen-bond donors (Lipinski definition) is 2. The second-order valence-corrected chi connectivity index (χ2v) is 5.52. The van der Waals surface area contributed by atoms with Crippen molar-refractivity contribution in [2.45, 2.75) is 6.92 Å². The van der Waals surface area contributed by atoms with Gasteiger partial charge in [-0.15, -0.1) is 0 Å². The summed E-state index contributed by atoms with van der Waals surface area (Å²) in [6.45, 7) is 1.78. The molecule has 106 valence electrons. The Bertz CT molecular complexity index is 842. The van der Waals surface area contributed by atoms with Gasteiger partial charge in [-0.05, 0) is 36.4 Å². The largest absolute Gasteiger partial charge is 0.441 e. The molecule has 5 nitrogen and oxygen atoms in total. The number of oxazole rings is 1. The summed E-state index contributed by atoms with van der Waals surface area (Å²) in [6, 6.07) is 10.4. The molecule has 0 aliphatic heterocycles. The highest BCUT2D eigenvalue weighted by Gasteiger charge is 2.11. The van der Waals surface area contributed by atoms with Gasteiger partial charge in [0.05, 0.1) is 5.56 Å². The average molecular weight is 346 g/mol. The number of aryl methyl sites for hydroxylation is 1. The highest BCUT2D eigenvalue weighted by molar-refractivity contribution is 9.10. The third kappa shape index (κ3) is 2.75. The number of aromatic nitrogens is 1. The van der Waals surface area contributed by atoms with Crippen LogP contribution in [0.1, 0.15) is 16.2 Å². The summed E-state index contributed by atoms with van der Waals surface area (Å²) in [5.74, 6) is 0.324. The van der Waals surface area contributed by atoms with Crippen LogP contribution in [0.25, 0.3) is 11.1 Å². The maximum absolute atomic E-state index is 12.2. The predicted molar refractivity (Wildman–Crippen MR) is 85.3 cm³/mol. The molecule has 3 aromatic rings. The van der Waals surface area contributed by atoms with Crippen LogP contribution in [-0.4, -0.2) is 10.9 Å². The minimum Gasteiger partial charge on any atom is -0.441 e. The number of benzene rings is 2. The van der Waals surface area contributed by atoms with Gasteiger partial charge in [0.15, 0.2) is 11.5 Å². The molecule has 21 heavy (non-hydrogen) atoms. The zero-order chi connectivity index (χ0) is 15.0. The van der Waals surface area contributed by atoms with E-state index in [1.54, 1.807) is 43.3 Å². The number of carbonyl (C=O) groups excluding carboxylic acids is 1. The lowest BCUT2D eigenvalue weighted by Gasteiger charge is -2.07. The Morgan fingerprint density at radius 2 is 2.10 bits per heavy atom. The lowest BCUT2D eigenvalue weighted by Crippen LogP contribution is -2.13. The van der Waals surface area contributed by atoms with E-state index in [1.807, 2.05) is 0 Å². The van der Waals surface area contributed by atoms with Crippen LogP contribution in [0.15, 0.2) is 45.3 Å². The molecule has 3 N–H and O–H groups in total. The van der Waals surface area contributed by atoms with Gasteiger partial charge in [0.25, 0.3) is 5.91 Å². The van der Waals surface area contributed by atoms with Crippen molar-refractivity contribution in [1.82, 2.24) is 4.98 Å². The third-order valence-corrected chi connectivity index (χ3v) is 3.50. The monoisotopic (exact) mass is 345 g/mol. The molecule has 6 heteroatoms. The van der Waals surface area contributed by atoms with E-state index in [1.165, 1.54) is 0 Å². The van der Waals surface area contributed by atoms with Crippen molar-refractivity contribution >= 4 is 44.3 Å². The zero-order valence-corrected chi connectivity index (χ0v) is 12.8. The van der Waals surface area contributed by atoms with Crippen molar-refractivity contribution in [1.29, 1.82) is 0 Å². The first-order chi connectivity index (χ1) is 10.0. The van der Waals surface area contributed by atoms with E-state index in [0.29, 0.717) is 33.9 Å². The molecule has 0 spiro atoms. The van der Waals surface area contributed by atoms with Crippen LogP contribution < -0.4 is 11.1 Å². The number of hydrogen-bond acceptors (Lipinski definition) is 4. The molecule has 2 aromatic carbocycles. The normalized spacial score (nSPS) is 10.8. The molecule has 0 bridgehead atoms. The van der Waals surface area contributed by atoms with E-state index in [0.717, 1.165) is 4.47 Å². The Labute approximate surface area is 129 Å². The Balaban J connectivity index is 1.88. The molecule has 0 aliphatic rings. The number of rotatable bonds is 2. The van der Waals surface area contributed by atoms with Crippen LogP contribution in [0, 0.1) is 6.92 Å². The minimum atomic E-state index is -0.264. The summed E-state index contributed by atoms with van der Waals surface area (Å²) >= 11 is 3.31. The van der Waals surface area contributed by atoms with Crippen LogP contribution >= 0.6 is 15.9 Å². The first kappa shape index (κ1) is 13.6. The fourth-order valence-electron chi connectivity index (χ4n) is 2.06. The molecule has 0 fully saturated rings. The number of nitrogens with one attached hydrogen (secondary N) is 1. The summed E-state index contributed by atoms with van der Waals surface area (Å²) in [5, 5.41) is 2.80. The first-order valence-electron chi connectivity index (χ1n) is 6.26. The van der Waals surface area contributed by atoms with Crippen molar-refractivity contribution in [2.24, 2.45) is 0 Å². The summed E-state index contributed by atoms with van der Waals surface area (Å²) in [4.78, 5) is 16.5. The Kier molecular flexibility index (Phi) is 3.39. The van der Waals surface area contributed by atoms with Crippen molar-refractivity contribution in [3.63, 3.8) is 0 Å². The summed E-state index contributed by atoms with van der Waals surface area (Å²) < 4.78 is 6.23. The van der Waals surface area contributed by atoms with Gasteiger partial charge in [-0.1, -0.05) is 15.9 Å². The van der Waals surface area contributed by atoms with Gasteiger partial charge in [0.2, 0.25) is 0 Å². The van der Waals surface area contributed by atoms with Crippen LogP contribution in [0.3, 0.4) is 0 Å². The van der Waals surface area contributed by atoms with Gasteiger partial charge in [-0.2, -0.15) is 0 Å². The number of fused-ring (bicyclic) bond motifs is 1. The molecule has 1 heterocycles. The fourth-order valence-corrected chi connectivity index (χ4v) is 2.44. The molecule has 1 aromatic heterocycles. The zero-order valence-electron chi connectivity index (χ0n) is 11.2. The fraction of sp³-hybridized carbons (Fsp3) is 0.0667. The number of anilines is 2. The maximum atomic E-state index is 12.2. The smallest absolute Gasteiger partial charge is 0.257 e. The summed E-state index contributed by atoms with van der Waals surface area (Å²) in [7, 11) is 0. The maximum Gasteiger partial charge on any atom is 0.257 e. The number of halogens is 1. The molecule has 0 aliphatic carbocycles. The molecular weight excluding hydrogens is 334 g/mol. The second kappa shape index (κ2) is 5.21. The van der Waals surface area contributed by atoms with Gasteiger partial charge >= 0.3 is 0 Å². The molecule has 3 rings (SSSR count). The Hall–Kier alpha value is -2.34. The molecule has 0 saturated carbocycles. The Morgan fingerprint density at radius 1 is 1.29 bits per heavy atom. The number of nitrogens with two attached hydrogens (primary N) is 1. The highest BCUT2D eigenvalue weighted by atomic mass is 79.9. The average Bonchev–Trinajstić information content (AvgIpc) is 2.77. The standard InChI is InChI=1S/C15H12BrN3O2/c1-8-18-13-7-10(3-5-14(13)21-8)19-15(20)11-4-2-9(16)6-12(11)17/h2-7H,17H2,1H3,(H,19,20). The number of carbonyl (C=O) groups is 1. The van der Waals surface area contributed by atoms with E-state index in [-0.39, 0.29) is 5.91 Å². The van der Waals surface area contributed by atoms with Crippen LogP contribution in [0.4, 0.5) is 11.4 Å². The number of nitrogens with zero attached hydrogens (tertiary/aromatic N) is 1. The lowest BCUT2D eigenvalue weighted by molar-refractivity contribution is 0.102. The van der Waals surface area contributed by atoms with Gasteiger partial charge < -0.3 is 15.5 Å². The van der Waals surface area contributed by atoms with Crippen molar-refractivity contribution in [3.8, 4) is 0 Å². The Morgan fingerprint density at radius 3 is 2.86 bits per heavy atom. The lowest BCUT2D eigenvalue weighted by atomic mass is 10.1. The summed E-state index contributed by atoms with van der Waals surface area (Å²) in [6.07, 6.45) is 0. The molecular formula is C15H12BrN3O2. The van der Waals surface area contributed by atoms with E-state index in [4.69, 9.17) is 10.2 Å². The van der Waals surface area contributed by atoms with Gasteiger partial charge in [0.1, 0.15) is 5.52 Å². The van der Waals surface area contributed by atoms with Gasteiger partial charge in [-0.25, -0.2) is 4.98 Å². The van der Waals surface area contributed by atoms with E-state index >= 15 is 0 Å². The first-order valence-corrected chi connectivity index (χ1v) is 7.06. The van der Waals surface area contributed by atoms with E-state index in [2.05, 4.69) is 26.2 Å². The van der Waals surface area contributed by atoms with Gasteiger partial charge in [-0.3, -0.25) is 4.79 Å². The van der Waals surface area contributed by atoms with E-state index in [9.17, 15) is 4.79 Å². The van der Waals surface area contributed by atoms with Crippen molar-refractivity contribution in [3.05, 3.63) is 52.3 Å². The van der Waals surface area contributed by atoms with Crippen molar-refractivity contribution < 1.29 is 9.21 Å². The van der Waals surface area contributed by atoms with Crippen molar-refractivity contribution in [2.75, 3.05) is 11.1 Å². The van der Waals surface area contributed by atoms with Gasteiger partial charge in [0, 0.05) is 22.8 Å². The molecule has 0 unspecified atom stereocenters. The predicted octanol–water partition coefficient (Wildman–Crippen LogP) is 3.73. The minimum absolute atomic E-state index is 0.264. The highest BCUT2D eigenvalue weighted by Crippen LogP contribution is 2.22. The molecule has 1 amide bonds. The molecule has 0 atom stereocenters. The SMILES string of the molecule is Cc1nc2cc(NC(=O)c3ccc(Br)cc3N)ccc2o1. The quantitative estimate of drug-likeness (QED) is 0.693. The van der Waals surface area contributed by atoms with Crippen LogP contribution in [0.2, 0.25) is 0 Å². The second-order valence-electron chi connectivity index (χ2n) is 4.60. The number of nitrogen functional groups attached to an aromatic ring is 1. The van der Waals surface area contributed by atoms with Crippen LogP contribution in [0.5, 0.6) is 0 Å². The van der Waals surface area contributed by atoms with E-state index < -0.39 is 0 Å². The molecule has 0 radical (unpaired) electrons. The van der Waals surface area contributed by atoms with Crippen LogP contribution in [-0.2, 0) is 0 Å². The number of amides is 1. The summed E-state index contributed by atoms with van der Waals surface area (Å²) in [5.41, 5.74) is 8.73. The third-order valence-electron chi connectivity index (χ3n) is 3.01. The topological polar surface area (TPSA) is 81.2 Å².